The van der Waals surface area contributed by atoms with Crippen molar-refractivity contribution in [3.63, 3.8) is 0 Å². The lowest BCUT2D eigenvalue weighted by Gasteiger charge is -2.17. The SMILES string of the molecule is CCCNc1c(NC=O)cncc1-c1ccc(NC)c(C(=N)C2CC2)c1. The molecule has 1 aromatic heterocycles. The van der Waals surface area contributed by atoms with Gasteiger partial charge in [-0.3, -0.25) is 9.78 Å². The molecule has 1 amide bonds. The lowest BCUT2D eigenvalue weighted by molar-refractivity contribution is -0.105. The second kappa shape index (κ2) is 7.99. The van der Waals surface area contributed by atoms with Crippen molar-refractivity contribution >= 4 is 29.2 Å². The number of carbonyl (C=O) groups excluding carboxylic acids is 1. The number of pyridine rings is 1. The van der Waals surface area contributed by atoms with Gasteiger partial charge in [0.05, 0.1) is 17.6 Å². The number of benzene rings is 1. The van der Waals surface area contributed by atoms with Crippen molar-refractivity contribution in [1.82, 2.24) is 4.98 Å². The third-order valence-electron chi connectivity index (χ3n) is 4.59. The van der Waals surface area contributed by atoms with Gasteiger partial charge in [-0.15, -0.1) is 0 Å². The highest BCUT2D eigenvalue weighted by molar-refractivity contribution is 6.07. The molecule has 4 N–H and O–H groups in total. The van der Waals surface area contributed by atoms with Crippen LogP contribution < -0.4 is 16.0 Å². The molecule has 3 rings (SSSR count). The van der Waals surface area contributed by atoms with Crippen LogP contribution in [0.2, 0.25) is 0 Å². The molecule has 1 aliphatic carbocycles. The quantitative estimate of drug-likeness (QED) is 0.407. The predicted octanol–water partition coefficient (Wildman–Crippen LogP) is 3.96. The van der Waals surface area contributed by atoms with Crippen LogP contribution in [0.5, 0.6) is 0 Å². The number of hydrogen-bond acceptors (Lipinski definition) is 5. The van der Waals surface area contributed by atoms with Gasteiger partial charge in [-0.2, -0.15) is 0 Å². The van der Waals surface area contributed by atoms with Crippen molar-refractivity contribution in [3.8, 4) is 11.1 Å². The van der Waals surface area contributed by atoms with E-state index in [2.05, 4.69) is 27.9 Å². The van der Waals surface area contributed by atoms with Gasteiger partial charge in [0, 0.05) is 48.2 Å². The highest BCUT2D eigenvalue weighted by Crippen LogP contribution is 2.38. The van der Waals surface area contributed by atoms with Crippen LogP contribution >= 0.6 is 0 Å². The van der Waals surface area contributed by atoms with Gasteiger partial charge >= 0.3 is 0 Å². The molecule has 0 radical (unpaired) electrons. The summed E-state index contributed by atoms with van der Waals surface area (Å²) in [5.74, 6) is 0.372. The summed E-state index contributed by atoms with van der Waals surface area (Å²) in [6.07, 6.45) is 7.26. The van der Waals surface area contributed by atoms with Crippen LogP contribution in [0.25, 0.3) is 11.1 Å². The third-order valence-corrected chi connectivity index (χ3v) is 4.59. The number of anilines is 3. The van der Waals surface area contributed by atoms with E-state index in [9.17, 15) is 4.79 Å². The van der Waals surface area contributed by atoms with Gasteiger partial charge in [-0.05, 0) is 37.0 Å². The molecule has 0 saturated heterocycles. The maximum atomic E-state index is 11.0. The van der Waals surface area contributed by atoms with Gasteiger partial charge in [0.25, 0.3) is 0 Å². The Labute approximate surface area is 153 Å². The Morgan fingerprint density at radius 1 is 1.31 bits per heavy atom. The maximum Gasteiger partial charge on any atom is 0.211 e. The minimum Gasteiger partial charge on any atom is -0.388 e. The van der Waals surface area contributed by atoms with Crippen LogP contribution in [-0.2, 0) is 4.79 Å². The summed E-state index contributed by atoms with van der Waals surface area (Å²) >= 11 is 0. The molecule has 1 aromatic carbocycles. The molecule has 136 valence electrons. The first-order valence-electron chi connectivity index (χ1n) is 9.02. The number of rotatable bonds is 9. The zero-order valence-electron chi connectivity index (χ0n) is 15.2. The summed E-state index contributed by atoms with van der Waals surface area (Å²) in [6.45, 7) is 2.89. The summed E-state index contributed by atoms with van der Waals surface area (Å²) in [5, 5.41) is 17.8. The van der Waals surface area contributed by atoms with E-state index in [1.807, 2.05) is 25.2 Å². The second-order valence-corrected chi connectivity index (χ2v) is 6.50. The van der Waals surface area contributed by atoms with Crippen LogP contribution in [0.3, 0.4) is 0 Å². The molecule has 0 bridgehead atoms. The summed E-state index contributed by atoms with van der Waals surface area (Å²) in [4.78, 5) is 15.2. The highest BCUT2D eigenvalue weighted by Gasteiger charge is 2.28. The Morgan fingerprint density at radius 3 is 2.77 bits per heavy atom. The van der Waals surface area contributed by atoms with Crippen molar-refractivity contribution < 1.29 is 4.79 Å². The van der Waals surface area contributed by atoms with Crippen molar-refractivity contribution in [3.05, 3.63) is 36.2 Å². The lowest BCUT2D eigenvalue weighted by Crippen LogP contribution is -2.08. The lowest BCUT2D eigenvalue weighted by atomic mass is 9.97. The third kappa shape index (κ3) is 3.69. The van der Waals surface area contributed by atoms with E-state index in [1.165, 1.54) is 0 Å². The number of aromatic nitrogens is 1. The first-order valence-corrected chi connectivity index (χ1v) is 9.02. The Bertz CT molecular complexity index is 814. The van der Waals surface area contributed by atoms with E-state index in [0.29, 0.717) is 23.7 Å². The molecule has 1 saturated carbocycles. The Hall–Kier alpha value is -2.89. The maximum absolute atomic E-state index is 11.0. The van der Waals surface area contributed by atoms with Crippen LogP contribution in [0.15, 0.2) is 30.6 Å². The first-order chi connectivity index (χ1) is 12.7. The summed E-state index contributed by atoms with van der Waals surface area (Å²) in [6, 6.07) is 6.07. The molecule has 0 aliphatic heterocycles. The van der Waals surface area contributed by atoms with E-state index in [4.69, 9.17) is 5.41 Å². The molecule has 6 nitrogen and oxygen atoms in total. The smallest absolute Gasteiger partial charge is 0.211 e. The standard InChI is InChI=1S/C20H25N5O/c1-3-8-24-20-16(10-23-11-18(20)25-12-26)14-6-7-17(22-2)15(9-14)19(21)13-4-5-13/h6-7,9-13,21-22H,3-5,8H2,1-2H3,(H,23,24)(H,25,26). The molecule has 0 unspecified atom stereocenters. The average molecular weight is 351 g/mol. The molecule has 0 spiro atoms. The number of carbonyl (C=O) groups is 1. The van der Waals surface area contributed by atoms with Gasteiger partial charge in [-0.1, -0.05) is 13.0 Å². The highest BCUT2D eigenvalue weighted by atomic mass is 16.1. The fraction of sp³-hybridized carbons (Fsp3) is 0.350. The average Bonchev–Trinajstić information content (AvgIpc) is 3.51. The summed E-state index contributed by atoms with van der Waals surface area (Å²) in [5.41, 5.74) is 5.99. The van der Waals surface area contributed by atoms with Gasteiger partial charge in [0.1, 0.15) is 0 Å². The zero-order valence-corrected chi connectivity index (χ0v) is 15.2. The molecule has 6 heteroatoms. The molecule has 1 aliphatic rings. The van der Waals surface area contributed by atoms with Crippen LogP contribution in [0.4, 0.5) is 17.1 Å². The molecule has 0 atom stereocenters. The van der Waals surface area contributed by atoms with Gasteiger partial charge in [-0.25, -0.2) is 0 Å². The predicted molar refractivity (Wildman–Crippen MR) is 107 cm³/mol. The summed E-state index contributed by atoms with van der Waals surface area (Å²) in [7, 11) is 1.88. The Balaban J connectivity index is 2.07. The molecular weight excluding hydrogens is 326 g/mol. The number of amides is 1. The topological polar surface area (TPSA) is 89.9 Å². The van der Waals surface area contributed by atoms with Gasteiger partial charge < -0.3 is 21.4 Å². The van der Waals surface area contributed by atoms with Gasteiger partial charge in [0.15, 0.2) is 0 Å². The molecule has 2 aromatic rings. The number of hydrogen-bond donors (Lipinski definition) is 4. The van der Waals surface area contributed by atoms with E-state index >= 15 is 0 Å². The van der Waals surface area contributed by atoms with E-state index in [-0.39, 0.29) is 0 Å². The van der Waals surface area contributed by atoms with Crippen molar-refractivity contribution in [2.75, 3.05) is 29.5 Å². The van der Waals surface area contributed by atoms with Crippen molar-refractivity contribution in [1.29, 1.82) is 5.41 Å². The van der Waals surface area contributed by atoms with Crippen LogP contribution in [0.1, 0.15) is 31.7 Å². The van der Waals surface area contributed by atoms with Gasteiger partial charge in [0.2, 0.25) is 6.41 Å². The fourth-order valence-corrected chi connectivity index (χ4v) is 3.04. The minimum absolute atomic E-state index is 0.372. The van der Waals surface area contributed by atoms with E-state index in [0.717, 1.165) is 53.9 Å². The zero-order chi connectivity index (χ0) is 18.5. The molecule has 26 heavy (non-hydrogen) atoms. The fourth-order valence-electron chi connectivity index (χ4n) is 3.04. The van der Waals surface area contributed by atoms with Crippen molar-refractivity contribution in [2.24, 2.45) is 5.92 Å². The summed E-state index contributed by atoms with van der Waals surface area (Å²) < 4.78 is 0. The first kappa shape index (κ1) is 17.9. The number of nitrogens with zero attached hydrogens (tertiary/aromatic N) is 1. The minimum atomic E-state index is 0.372. The van der Waals surface area contributed by atoms with Crippen LogP contribution in [-0.4, -0.2) is 30.7 Å². The van der Waals surface area contributed by atoms with E-state index in [1.54, 1.807) is 12.4 Å². The molecule has 1 heterocycles. The Morgan fingerprint density at radius 2 is 2.12 bits per heavy atom. The molecule has 1 fully saturated rings. The van der Waals surface area contributed by atoms with Crippen LogP contribution in [0, 0.1) is 11.3 Å². The normalized spacial score (nSPS) is 13.2. The van der Waals surface area contributed by atoms with E-state index < -0.39 is 0 Å². The van der Waals surface area contributed by atoms with Crippen molar-refractivity contribution in [2.45, 2.75) is 26.2 Å². The largest absolute Gasteiger partial charge is 0.388 e. The monoisotopic (exact) mass is 351 g/mol. The molecular formula is C20H25N5O. The number of nitrogens with one attached hydrogen (secondary N) is 4. The Kier molecular flexibility index (Phi) is 5.51. The second-order valence-electron chi connectivity index (χ2n) is 6.50.